The highest BCUT2D eigenvalue weighted by Gasteiger charge is 2.16. The molecular weight excluding hydrogens is 298 g/mol. The molecule has 3 N–H and O–H groups in total. The van der Waals surface area contributed by atoms with Crippen molar-refractivity contribution in [2.75, 3.05) is 6.54 Å². The molecule has 0 saturated carbocycles. The molecule has 2 rings (SSSR count). The van der Waals surface area contributed by atoms with E-state index in [9.17, 15) is 8.42 Å². The van der Waals surface area contributed by atoms with Gasteiger partial charge in [0, 0.05) is 11.4 Å². The van der Waals surface area contributed by atoms with Crippen LogP contribution >= 0.6 is 11.3 Å². The number of aromatic nitrogens is 3. The van der Waals surface area contributed by atoms with Crippen LogP contribution in [0.2, 0.25) is 0 Å². The van der Waals surface area contributed by atoms with Crippen molar-refractivity contribution in [2.45, 2.75) is 30.6 Å². The molecule has 0 amide bonds. The molecule has 2 aromatic heterocycles. The van der Waals surface area contributed by atoms with Crippen molar-refractivity contribution in [3.63, 3.8) is 0 Å². The number of H-pyrrole nitrogens is 1. The van der Waals surface area contributed by atoms with Gasteiger partial charge in [0.1, 0.15) is 16.4 Å². The van der Waals surface area contributed by atoms with E-state index in [1.165, 1.54) is 17.7 Å². The van der Waals surface area contributed by atoms with Crippen molar-refractivity contribution in [3.8, 4) is 0 Å². The predicted molar refractivity (Wildman–Crippen MR) is 76.7 cm³/mol. The van der Waals surface area contributed by atoms with Crippen molar-refractivity contribution in [1.82, 2.24) is 25.2 Å². The lowest BCUT2D eigenvalue weighted by Crippen LogP contribution is -2.23. The average Bonchev–Trinajstić information content (AvgIpc) is 3.08. The van der Waals surface area contributed by atoms with Crippen LogP contribution in [-0.2, 0) is 23.1 Å². The lowest BCUT2D eigenvalue weighted by molar-refractivity contribution is 0.581. The van der Waals surface area contributed by atoms with E-state index < -0.39 is 10.0 Å². The first-order chi connectivity index (χ1) is 9.62. The van der Waals surface area contributed by atoms with Crippen LogP contribution in [0, 0.1) is 0 Å². The molecule has 0 aliphatic carbocycles. The smallest absolute Gasteiger partial charge is 0.250 e. The first-order valence-corrected chi connectivity index (χ1v) is 8.55. The van der Waals surface area contributed by atoms with E-state index >= 15 is 0 Å². The van der Waals surface area contributed by atoms with E-state index in [2.05, 4.69) is 32.1 Å². The van der Waals surface area contributed by atoms with Crippen molar-refractivity contribution >= 4 is 21.4 Å². The van der Waals surface area contributed by atoms with Crippen molar-refractivity contribution in [2.24, 2.45) is 0 Å². The summed E-state index contributed by atoms with van der Waals surface area (Å²) in [6.07, 6.45) is 2.39. The van der Waals surface area contributed by atoms with Gasteiger partial charge in [-0.1, -0.05) is 6.92 Å². The van der Waals surface area contributed by atoms with Gasteiger partial charge in [0.15, 0.2) is 0 Å². The quantitative estimate of drug-likeness (QED) is 0.627. The molecule has 0 aromatic carbocycles. The lowest BCUT2D eigenvalue weighted by Gasteiger charge is -2.02. The largest absolute Gasteiger partial charge is 0.312 e. The Labute approximate surface area is 121 Å². The Bertz CT molecular complexity index is 621. The Hall–Kier alpha value is -1.29. The Morgan fingerprint density at radius 2 is 2.20 bits per heavy atom. The molecular formula is C11H17N5O2S2. The zero-order valence-electron chi connectivity index (χ0n) is 11.1. The van der Waals surface area contributed by atoms with Gasteiger partial charge >= 0.3 is 0 Å². The van der Waals surface area contributed by atoms with E-state index in [0.29, 0.717) is 16.6 Å². The van der Waals surface area contributed by atoms with Gasteiger partial charge in [-0.3, -0.25) is 5.10 Å². The number of nitrogens with zero attached hydrogens (tertiary/aromatic N) is 2. The Morgan fingerprint density at radius 3 is 2.90 bits per heavy atom. The lowest BCUT2D eigenvalue weighted by atomic mass is 10.4. The van der Waals surface area contributed by atoms with Crippen LogP contribution in [0.25, 0.3) is 0 Å². The maximum atomic E-state index is 12.1. The Morgan fingerprint density at radius 1 is 1.35 bits per heavy atom. The van der Waals surface area contributed by atoms with Crippen LogP contribution in [-0.4, -0.2) is 30.1 Å². The van der Waals surface area contributed by atoms with E-state index in [0.717, 1.165) is 17.8 Å². The van der Waals surface area contributed by atoms with Gasteiger partial charge in [-0.15, -0.1) is 11.3 Å². The molecule has 7 nitrogen and oxygen atoms in total. The van der Waals surface area contributed by atoms with Crippen LogP contribution in [0.3, 0.4) is 0 Å². The monoisotopic (exact) mass is 315 g/mol. The van der Waals surface area contributed by atoms with Gasteiger partial charge in [0.2, 0.25) is 10.0 Å². The summed E-state index contributed by atoms with van der Waals surface area (Å²) in [7, 11) is -3.49. The molecule has 0 radical (unpaired) electrons. The van der Waals surface area contributed by atoms with Crippen LogP contribution in [0.15, 0.2) is 22.7 Å². The Balaban J connectivity index is 1.95. The number of nitrogens with one attached hydrogen (secondary N) is 3. The van der Waals surface area contributed by atoms with Gasteiger partial charge < -0.3 is 5.32 Å². The maximum absolute atomic E-state index is 12.1. The minimum atomic E-state index is -3.49. The summed E-state index contributed by atoms with van der Waals surface area (Å²) in [6.45, 7) is 3.80. The molecule has 0 aliphatic rings. The normalized spacial score (nSPS) is 11.8. The molecule has 0 aliphatic heterocycles. The minimum absolute atomic E-state index is 0.101. The number of aromatic amines is 1. The molecule has 0 saturated heterocycles. The Kier molecular flexibility index (Phi) is 5.24. The van der Waals surface area contributed by atoms with Crippen LogP contribution in [0.4, 0.5) is 0 Å². The maximum Gasteiger partial charge on any atom is 0.250 e. The number of sulfonamides is 1. The van der Waals surface area contributed by atoms with Gasteiger partial charge in [0.25, 0.3) is 0 Å². The molecule has 0 bridgehead atoms. The fourth-order valence-corrected chi connectivity index (χ4v) is 3.89. The molecule has 2 heterocycles. The van der Waals surface area contributed by atoms with Crippen LogP contribution < -0.4 is 10.0 Å². The third kappa shape index (κ3) is 4.10. The molecule has 110 valence electrons. The molecule has 0 unspecified atom stereocenters. The van der Waals surface area contributed by atoms with Crippen molar-refractivity contribution < 1.29 is 8.42 Å². The standard InChI is InChI=1S/C11H17N5O2S2/c1-2-5-12-6-9-3-4-11(19-9)20(17,18)15-7-10-13-8-14-16-10/h3-4,8,12,15H,2,5-7H2,1H3,(H,13,14,16). The van der Waals surface area contributed by atoms with E-state index in [1.807, 2.05) is 6.07 Å². The average molecular weight is 315 g/mol. The van der Waals surface area contributed by atoms with Crippen molar-refractivity contribution in [1.29, 1.82) is 0 Å². The molecule has 9 heteroatoms. The third-order valence-electron chi connectivity index (χ3n) is 2.52. The summed E-state index contributed by atoms with van der Waals surface area (Å²) >= 11 is 1.27. The fourth-order valence-electron chi connectivity index (χ4n) is 1.54. The van der Waals surface area contributed by atoms with E-state index in [4.69, 9.17) is 0 Å². The van der Waals surface area contributed by atoms with Gasteiger partial charge in [0.05, 0.1) is 6.54 Å². The zero-order chi connectivity index (χ0) is 14.4. The first-order valence-electron chi connectivity index (χ1n) is 6.25. The topological polar surface area (TPSA) is 99.8 Å². The van der Waals surface area contributed by atoms with Crippen LogP contribution in [0.1, 0.15) is 24.0 Å². The molecule has 2 aromatic rings. The number of hydrogen-bond acceptors (Lipinski definition) is 6. The molecule has 0 spiro atoms. The van der Waals surface area contributed by atoms with Gasteiger partial charge in [-0.25, -0.2) is 18.1 Å². The predicted octanol–water partition coefficient (Wildman–Crippen LogP) is 0.844. The zero-order valence-corrected chi connectivity index (χ0v) is 12.7. The highest BCUT2D eigenvalue weighted by molar-refractivity contribution is 7.91. The summed E-state index contributed by atoms with van der Waals surface area (Å²) in [4.78, 5) is 4.87. The summed E-state index contributed by atoms with van der Waals surface area (Å²) in [5.74, 6) is 0.481. The second-order valence-electron chi connectivity index (χ2n) is 4.15. The van der Waals surface area contributed by atoms with E-state index in [-0.39, 0.29) is 6.54 Å². The second kappa shape index (κ2) is 6.93. The van der Waals surface area contributed by atoms with Gasteiger partial charge in [-0.05, 0) is 25.1 Å². The fraction of sp³-hybridized carbons (Fsp3) is 0.455. The number of rotatable bonds is 8. The van der Waals surface area contributed by atoms with E-state index in [1.54, 1.807) is 6.07 Å². The molecule has 20 heavy (non-hydrogen) atoms. The highest BCUT2D eigenvalue weighted by atomic mass is 32.2. The highest BCUT2D eigenvalue weighted by Crippen LogP contribution is 2.21. The number of hydrogen-bond donors (Lipinski definition) is 3. The molecule has 0 atom stereocenters. The van der Waals surface area contributed by atoms with Gasteiger partial charge in [-0.2, -0.15) is 5.10 Å². The minimum Gasteiger partial charge on any atom is -0.312 e. The summed E-state index contributed by atoms with van der Waals surface area (Å²) in [5.41, 5.74) is 0. The summed E-state index contributed by atoms with van der Waals surface area (Å²) in [5, 5.41) is 9.51. The van der Waals surface area contributed by atoms with Crippen LogP contribution in [0.5, 0.6) is 0 Å². The second-order valence-corrected chi connectivity index (χ2v) is 7.32. The summed E-state index contributed by atoms with van der Waals surface area (Å²) < 4.78 is 27.0. The first kappa shape index (κ1) is 15.1. The number of thiophene rings is 1. The van der Waals surface area contributed by atoms with Crippen molar-refractivity contribution in [3.05, 3.63) is 29.2 Å². The summed E-state index contributed by atoms with van der Waals surface area (Å²) in [6, 6.07) is 3.45. The molecule has 0 fully saturated rings. The SMILES string of the molecule is CCCNCc1ccc(S(=O)(=O)NCc2ncn[nH]2)s1. The third-order valence-corrected chi connectivity index (χ3v) is 5.50.